The Kier molecular flexibility index (Phi) is 4.25. The third-order valence-corrected chi connectivity index (χ3v) is 2.30. The van der Waals surface area contributed by atoms with Crippen LogP contribution in [0.25, 0.3) is 0 Å². The summed E-state index contributed by atoms with van der Waals surface area (Å²) in [7, 11) is 0. The van der Waals surface area contributed by atoms with Crippen LogP contribution in [0.4, 0.5) is 5.69 Å². The molecule has 0 spiro atoms. The number of rotatable bonds is 5. The van der Waals surface area contributed by atoms with Gasteiger partial charge in [-0.1, -0.05) is 6.92 Å². The monoisotopic (exact) mass is 224 g/mol. The lowest BCUT2D eigenvalue weighted by Gasteiger charge is -2.11. The van der Waals surface area contributed by atoms with Gasteiger partial charge in [0.1, 0.15) is 5.75 Å². The fourth-order valence-corrected chi connectivity index (χ4v) is 1.23. The van der Waals surface area contributed by atoms with Crippen molar-refractivity contribution in [2.75, 3.05) is 13.2 Å². The van der Waals surface area contributed by atoms with E-state index in [0.717, 1.165) is 0 Å². The Morgan fingerprint density at radius 2 is 2.25 bits per heavy atom. The molecule has 0 saturated heterocycles. The highest BCUT2D eigenvalue weighted by atomic mass is 16.6. The first kappa shape index (κ1) is 12.4. The first-order chi connectivity index (χ1) is 7.54. The lowest BCUT2D eigenvalue weighted by Crippen LogP contribution is -2.18. The molecule has 0 fully saturated rings. The summed E-state index contributed by atoms with van der Waals surface area (Å²) < 4.78 is 5.47. The first-order valence-corrected chi connectivity index (χ1v) is 5.12. The van der Waals surface area contributed by atoms with Gasteiger partial charge in [0, 0.05) is 17.5 Å². The van der Waals surface area contributed by atoms with Crippen molar-refractivity contribution in [1.82, 2.24) is 0 Å². The molecule has 0 saturated carbocycles. The molecule has 1 aromatic rings. The second-order valence-electron chi connectivity index (χ2n) is 3.86. The van der Waals surface area contributed by atoms with Crippen LogP contribution in [0, 0.1) is 23.0 Å². The highest BCUT2D eigenvalue weighted by molar-refractivity contribution is 5.44. The molecule has 0 aliphatic carbocycles. The molecule has 0 heterocycles. The highest BCUT2D eigenvalue weighted by Gasteiger charge is 2.10. The minimum atomic E-state index is -0.401. The van der Waals surface area contributed by atoms with Crippen LogP contribution in [0.15, 0.2) is 18.2 Å². The molecule has 88 valence electrons. The predicted molar refractivity (Wildman–Crippen MR) is 61.5 cm³/mol. The van der Waals surface area contributed by atoms with Gasteiger partial charge in [-0.05, 0) is 25.6 Å². The van der Waals surface area contributed by atoms with Crippen LogP contribution in [0.3, 0.4) is 0 Å². The number of nitrogens with zero attached hydrogens (tertiary/aromatic N) is 1. The number of benzene rings is 1. The van der Waals surface area contributed by atoms with E-state index in [9.17, 15) is 10.1 Å². The highest BCUT2D eigenvalue weighted by Crippen LogP contribution is 2.23. The van der Waals surface area contributed by atoms with E-state index in [4.69, 9.17) is 10.5 Å². The molecule has 1 aromatic carbocycles. The Bertz CT molecular complexity index is 379. The largest absolute Gasteiger partial charge is 0.493 e. The van der Waals surface area contributed by atoms with Crippen molar-refractivity contribution in [3.63, 3.8) is 0 Å². The lowest BCUT2D eigenvalue weighted by molar-refractivity contribution is -0.385. The Labute approximate surface area is 94.4 Å². The smallest absolute Gasteiger partial charge is 0.272 e. The molecule has 16 heavy (non-hydrogen) atoms. The van der Waals surface area contributed by atoms with Gasteiger partial charge in [-0.25, -0.2) is 0 Å². The number of aryl methyl sites for hydroxylation is 1. The molecule has 1 atom stereocenters. The summed E-state index contributed by atoms with van der Waals surface area (Å²) in [5.41, 5.74) is 6.17. The molecule has 5 heteroatoms. The molecule has 0 aliphatic rings. The third kappa shape index (κ3) is 3.20. The van der Waals surface area contributed by atoms with Crippen molar-refractivity contribution in [2.45, 2.75) is 13.8 Å². The fourth-order valence-electron chi connectivity index (χ4n) is 1.23. The number of ether oxygens (including phenoxy) is 1. The minimum absolute atomic E-state index is 0.110. The molecular formula is C11H16N2O3. The Balaban J connectivity index is 2.70. The second-order valence-corrected chi connectivity index (χ2v) is 3.86. The average Bonchev–Trinajstić information content (AvgIpc) is 2.25. The van der Waals surface area contributed by atoms with Crippen molar-refractivity contribution >= 4 is 5.69 Å². The quantitative estimate of drug-likeness (QED) is 0.611. The summed E-state index contributed by atoms with van der Waals surface area (Å²) in [4.78, 5) is 10.2. The van der Waals surface area contributed by atoms with Crippen molar-refractivity contribution < 1.29 is 9.66 Å². The Hall–Kier alpha value is -1.62. The maximum absolute atomic E-state index is 10.6. The van der Waals surface area contributed by atoms with Gasteiger partial charge >= 0.3 is 0 Å². The maximum Gasteiger partial charge on any atom is 0.272 e. The van der Waals surface area contributed by atoms with Crippen LogP contribution in [0.1, 0.15) is 12.5 Å². The van der Waals surface area contributed by atoms with E-state index in [2.05, 4.69) is 0 Å². The van der Waals surface area contributed by atoms with Gasteiger partial charge in [0.05, 0.1) is 11.5 Å². The molecule has 0 amide bonds. The Morgan fingerprint density at radius 3 is 2.75 bits per heavy atom. The van der Waals surface area contributed by atoms with Crippen LogP contribution in [0.5, 0.6) is 5.75 Å². The zero-order valence-corrected chi connectivity index (χ0v) is 9.47. The second kappa shape index (κ2) is 5.46. The van der Waals surface area contributed by atoms with Gasteiger partial charge in [-0.2, -0.15) is 0 Å². The normalized spacial score (nSPS) is 12.2. The number of nitrogens with two attached hydrogens (primary N) is 1. The molecule has 0 aromatic heterocycles. The van der Waals surface area contributed by atoms with Gasteiger partial charge in [0.15, 0.2) is 0 Å². The topological polar surface area (TPSA) is 78.4 Å². The van der Waals surface area contributed by atoms with Crippen LogP contribution in [-0.2, 0) is 0 Å². The van der Waals surface area contributed by atoms with Gasteiger partial charge in [-0.15, -0.1) is 0 Å². The standard InChI is InChI=1S/C11H16N2O3/c1-8(6-12)7-16-10-3-4-11(13(14)15)9(2)5-10/h3-5,8H,6-7,12H2,1-2H3. The number of hydrogen-bond donors (Lipinski definition) is 1. The summed E-state index contributed by atoms with van der Waals surface area (Å²) in [5.74, 6) is 0.916. The van der Waals surface area contributed by atoms with Crippen LogP contribution < -0.4 is 10.5 Å². The van der Waals surface area contributed by atoms with E-state index in [1.807, 2.05) is 6.92 Å². The fraction of sp³-hybridized carbons (Fsp3) is 0.455. The van der Waals surface area contributed by atoms with E-state index in [-0.39, 0.29) is 11.6 Å². The van der Waals surface area contributed by atoms with E-state index in [1.165, 1.54) is 6.07 Å². The van der Waals surface area contributed by atoms with Crippen LogP contribution in [0.2, 0.25) is 0 Å². The first-order valence-electron chi connectivity index (χ1n) is 5.12. The van der Waals surface area contributed by atoms with Gasteiger partial charge < -0.3 is 10.5 Å². The van der Waals surface area contributed by atoms with Gasteiger partial charge in [0.2, 0.25) is 0 Å². The van der Waals surface area contributed by atoms with Crippen molar-refractivity contribution in [3.8, 4) is 5.75 Å². The predicted octanol–water partition coefficient (Wildman–Crippen LogP) is 1.88. The van der Waals surface area contributed by atoms with Gasteiger partial charge in [-0.3, -0.25) is 10.1 Å². The van der Waals surface area contributed by atoms with Gasteiger partial charge in [0.25, 0.3) is 5.69 Å². The number of nitro groups is 1. The van der Waals surface area contributed by atoms with E-state index in [0.29, 0.717) is 24.5 Å². The summed E-state index contributed by atoms with van der Waals surface area (Å²) in [6.07, 6.45) is 0. The molecule has 0 aliphatic heterocycles. The summed E-state index contributed by atoms with van der Waals surface area (Å²) in [6.45, 7) is 4.76. The summed E-state index contributed by atoms with van der Waals surface area (Å²) in [5, 5.41) is 10.6. The average molecular weight is 224 g/mol. The molecule has 1 rings (SSSR count). The number of hydrogen-bond acceptors (Lipinski definition) is 4. The maximum atomic E-state index is 10.6. The number of nitro benzene ring substituents is 1. The molecule has 0 radical (unpaired) electrons. The lowest BCUT2D eigenvalue weighted by atomic mass is 10.2. The third-order valence-electron chi connectivity index (χ3n) is 2.30. The Morgan fingerprint density at radius 1 is 1.56 bits per heavy atom. The van der Waals surface area contributed by atoms with Crippen molar-refractivity contribution in [2.24, 2.45) is 11.7 Å². The zero-order chi connectivity index (χ0) is 12.1. The molecule has 0 bridgehead atoms. The zero-order valence-electron chi connectivity index (χ0n) is 9.47. The van der Waals surface area contributed by atoms with Crippen LogP contribution >= 0.6 is 0 Å². The SMILES string of the molecule is Cc1cc(OCC(C)CN)ccc1[N+](=O)[O-]. The van der Waals surface area contributed by atoms with Crippen molar-refractivity contribution in [3.05, 3.63) is 33.9 Å². The van der Waals surface area contributed by atoms with E-state index >= 15 is 0 Å². The molecule has 2 N–H and O–H groups in total. The van der Waals surface area contributed by atoms with E-state index in [1.54, 1.807) is 19.1 Å². The molecule has 1 unspecified atom stereocenters. The summed E-state index contributed by atoms with van der Waals surface area (Å²) >= 11 is 0. The molecule has 5 nitrogen and oxygen atoms in total. The van der Waals surface area contributed by atoms with Crippen LogP contribution in [-0.4, -0.2) is 18.1 Å². The minimum Gasteiger partial charge on any atom is -0.493 e. The summed E-state index contributed by atoms with van der Waals surface area (Å²) in [6, 6.07) is 4.73. The molecular weight excluding hydrogens is 208 g/mol. The van der Waals surface area contributed by atoms with Crippen molar-refractivity contribution in [1.29, 1.82) is 0 Å². The van der Waals surface area contributed by atoms with E-state index < -0.39 is 4.92 Å².